The maximum atomic E-state index is 12.4. The molecule has 1 fully saturated rings. The van der Waals surface area contributed by atoms with E-state index in [0.29, 0.717) is 12.3 Å². The van der Waals surface area contributed by atoms with Crippen LogP contribution in [0.15, 0.2) is 24.3 Å². The molecule has 1 aromatic carbocycles. The molecule has 6 heteroatoms. The Morgan fingerprint density at radius 3 is 2.44 bits per heavy atom. The van der Waals surface area contributed by atoms with Gasteiger partial charge in [-0.15, -0.1) is 12.4 Å². The summed E-state index contributed by atoms with van der Waals surface area (Å²) in [6, 6.07) is 7.77. The lowest BCUT2D eigenvalue weighted by molar-refractivity contribution is -0.141. The summed E-state index contributed by atoms with van der Waals surface area (Å²) in [6.07, 6.45) is 2.64. The molecule has 2 rings (SSSR count). The molecule has 0 saturated carbocycles. The van der Waals surface area contributed by atoms with Crippen LogP contribution in [0.1, 0.15) is 63.6 Å². The van der Waals surface area contributed by atoms with Crippen molar-refractivity contribution in [2.24, 2.45) is 5.92 Å². The first kappa shape index (κ1) is 23.4. The predicted octanol–water partition coefficient (Wildman–Crippen LogP) is 3.52. The van der Waals surface area contributed by atoms with Crippen molar-refractivity contribution in [1.82, 2.24) is 10.6 Å². The molecule has 2 N–H and O–H groups in total. The number of carbonyl (C=O) groups excluding carboxylic acids is 2. The lowest BCUT2D eigenvalue weighted by Gasteiger charge is -2.22. The van der Waals surface area contributed by atoms with Gasteiger partial charge in [0.25, 0.3) is 0 Å². The first-order chi connectivity index (χ1) is 12.3. The second kappa shape index (κ2) is 10.7. The monoisotopic (exact) mass is 396 g/mol. The molecule has 5 nitrogen and oxygen atoms in total. The normalized spacial score (nSPS) is 17.7. The van der Waals surface area contributed by atoms with Gasteiger partial charge in [0.15, 0.2) is 0 Å². The molecule has 0 aromatic heterocycles. The maximum absolute atomic E-state index is 12.4. The SMILES string of the molecule is COC(=O)CC(NC(=O)CCC1CCNC1)c1ccc(C(C)(C)C)cc1.Cl. The van der Waals surface area contributed by atoms with Crippen molar-refractivity contribution in [3.63, 3.8) is 0 Å². The summed E-state index contributed by atoms with van der Waals surface area (Å²) in [5, 5.41) is 6.34. The van der Waals surface area contributed by atoms with Crippen LogP contribution in [0.3, 0.4) is 0 Å². The molecule has 1 aliphatic rings. The molecular weight excluding hydrogens is 364 g/mol. The largest absolute Gasteiger partial charge is 0.469 e. The van der Waals surface area contributed by atoms with Crippen LogP contribution in [-0.2, 0) is 19.7 Å². The van der Waals surface area contributed by atoms with Crippen molar-refractivity contribution in [2.75, 3.05) is 20.2 Å². The Bertz CT molecular complexity index is 605. The number of methoxy groups -OCH3 is 1. The van der Waals surface area contributed by atoms with Crippen LogP contribution in [0, 0.1) is 5.92 Å². The van der Waals surface area contributed by atoms with E-state index in [1.807, 2.05) is 12.1 Å². The summed E-state index contributed by atoms with van der Waals surface area (Å²) < 4.78 is 4.80. The minimum Gasteiger partial charge on any atom is -0.469 e. The van der Waals surface area contributed by atoms with E-state index in [9.17, 15) is 9.59 Å². The molecule has 27 heavy (non-hydrogen) atoms. The van der Waals surface area contributed by atoms with E-state index < -0.39 is 0 Å². The maximum Gasteiger partial charge on any atom is 0.307 e. The molecule has 0 aliphatic carbocycles. The topological polar surface area (TPSA) is 67.4 Å². The summed E-state index contributed by atoms with van der Waals surface area (Å²) in [7, 11) is 1.37. The molecule has 1 heterocycles. The van der Waals surface area contributed by atoms with Gasteiger partial charge >= 0.3 is 5.97 Å². The van der Waals surface area contributed by atoms with E-state index in [1.54, 1.807) is 0 Å². The molecule has 0 bridgehead atoms. The van der Waals surface area contributed by atoms with Crippen LogP contribution in [0.4, 0.5) is 0 Å². The van der Waals surface area contributed by atoms with Crippen LogP contribution in [0.2, 0.25) is 0 Å². The Balaban J connectivity index is 0.00000364. The first-order valence-electron chi connectivity index (χ1n) is 9.47. The third kappa shape index (κ3) is 7.51. The highest BCUT2D eigenvalue weighted by atomic mass is 35.5. The zero-order valence-corrected chi connectivity index (χ0v) is 17.7. The van der Waals surface area contributed by atoms with Crippen LogP contribution >= 0.6 is 12.4 Å². The smallest absolute Gasteiger partial charge is 0.307 e. The number of amides is 1. The molecule has 152 valence electrons. The van der Waals surface area contributed by atoms with E-state index in [4.69, 9.17) is 4.74 Å². The second-order valence-electron chi connectivity index (χ2n) is 8.17. The molecule has 1 aliphatic heterocycles. The molecule has 1 aromatic rings. The Labute approximate surface area is 169 Å². The minimum absolute atomic E-state index is 0. The highest BCUT2D eigenvalue weighted by molar-refractivity contribution is 5.85. The summed E-state index contributed by atoms with van der Waals surface area (Å²) in [4.78, 5) is 24.2. The van der Waals surface area contributed by atoms with Gasteiger partial charge < -0.3 is 15.4 Å². The van der Waals surface area contributed by atoms with Gasteiger partial charge in [-0.1, -0.05) is 45.0 Å². The van der Waals surface area contributed by atoms with Crippen LogP contribution < -0.4 is 10.6 Å². The van der Waals surface area contributed by atoms with Gasteiger partial charge in [0.05, 0.1) is 19.6 Å². The Morgan fingerprint density at radius 2 is 1.93 bits per heavy atom. The van der Waals surface area contributed by atoms with Gasteiger partial charge in [0, 0.05) is 6.42 Å². The van der Waals surface area contributed by atoms with Gasteiger partial charge in [-0.25, -0.2) is 0 Å². The van der Waals surface area contributed by atoms with Crippen molar-refractivity contribution >= 4 is 24.3 Å². The van der Waals surface area contributed by atoms with E-state index in [2.05, 4.69) is 43.5 Å². The van der Waals surface area contributed by atoms with Gasteiger partial charge in [0.1, 0.15) is 0 Å². The van der Waals surface area contributed by atoms with Crippen molar-refractivity contribution in [3.8, 4) is 0 Å². The minimum atomic E-state index is -0.356. The van der Waals surface area contributed by atoms with Gasteiger partial charge in [-0.2, -0.15) is 0 Å². The standard InChI is InChI=1S/C21H32N2O3.ClH/c1-21(2,3)17-8-6-16(7-9-17)18(13-20(25)26-4)23-19(24)10-5-15-11-12-22-14-15;/h6-9,15,18,22H,5,10-14H2,1-4H3,(H,23,24);1H. The van der Waals surface area contributed by atoms with Crippen LogP contribution in [0.25, 0.3) is 0 Å². The van der Waals surface area contributed by atoms with Gasteiger partial charge in [-0.3, -0.25) is 9.59 Å². The number of benzene rings is 1. The van der Waals surface area contributed by atoms with Crippen molar-refractivity contribution in [1.29, 1.82) is 0 Å². The summed E-state index contributed by atoms with van der Waals surface area (Å²) >= 11 is 0. The third-order valence-electron chi connectivity index (χ3n) is 5.05. The quantitative estimate of drug-likeness (QED) is 0.692. The molecule has 1 saturated heterocycles. The summed E-state index contributed by atoms with van der Waals surface area (Å²) in [5.74, 6) is 0.242. The van der Waals surface area contributed by atoms with Crippen LogP contribution in [-0.4, -0.2) is 32.1 Å². The second-order valence-corrected chi connectivity index (χ2v) is 8.17. The fourth-order valence-corrected chi connectivity index (χ4v) is 3.28. The number of esters is 1. The third-order valence-corrected chi connectivity index (χ3v) is 5.05. The predicted molar refractivity (Wildman–Crippen MR) is 110 cm³/mol. The fourth-order valence-electron chi connectivity index (χ4n) is 3.28. The lowest BCUT2D eigenvalue weighted by atomic mass is 9.86. The van der Waals surface area contributed by atoms with E-state index >= 15 is 0 Å². The van der Waals surface area contributed by atoms with Crippen LogP contribution in [0.5, 0.6) is 0 Å². The number of carbonyl (C=O) groups is 2. The molecule has 2 atom stereocenters. The Morgan fingerprint density at radius 1 is 1.26 bits per heavy atom. The Hall–Kier alpha value is -1.59. The number of hydrogen-bond donors (Lipinski definition) is 2. The zero-order chi connectivity index (χ0) is 19.2. The number of ether oxygens (including phenoxy) is 1. The average molecular weight is 397 g/mol. The lowest BCUT2D eigenvalue weighted by Crippen LogP contribution is -2.30. The molecule has 1 amide bonds. The highest BCUT2D eigenvalue weighted by Gasteiger charge is 2.22. The number of nitrogens with one attached hydrogen (secondary N) is 2. The van der Waals surface area contributed by atoms with Crippen molar-refractivity contribution in [3.05, 3.63) is 35.4 Å². The first-order valence-corrected chi connectivity index (χ1v) is 9.47. The highest BCUT2D eigenvalue weighted by Crippen LogP contribution is 2.25. The number of hydrogen-bond acceptors (Lipinski definition) is 4. The Kier molecular flexibility index (Phi) is 9.27. The van der Waals surface area contributed by atoms with E-state index in [1.165, 1.54) is 12.7 Å². The van der Waals surface area contributed by atoms with Gasteiger partial charge in [0.2, 0.25) is 5.91 Å². The summed E-state index contributed by atoms with van der Waals surface area (Å²) in [5.41, 5.74) is 2.21. The molecular formula is C21H33ClN2O3. The number of rotatable bonds is 7. The van der Waals surface area contributed by atoms with E-state index in [-0.39, 0.29) is 42.2 Å². The fraction of sp³-hybridized carbons (Fsp3) is 0.619. The van der Waals surface area contributed by atoms with E-state index in [0.717, 1.165) is 31.5 Å². The molecule has 2 unspecified atom stereocenters. The van der Waals surface area contributed by atoms with Crippen molar-refractivity contribution in [2.45, 2.75) is 57.9 Å². The van der Waals surface area contributed by atoms with Gasteiger partial charge in [-0.05, 0) is 48.4 Å². The summed E-state index contributed by atoms with van der Waals surface area (Å²) in [6.45, 7) is 8.51. The van der Waals surface area contributed by atoms with Crippen molar-refractivity contribution < 1.29 is 14.3 Å². The number of halogens is 1. The zero-order valence-electron chi connectivity index (χ0n) is 16.8. The average Bonchev–Trinajstić information content (AvgIpc) is 3.12. The molecule has 0 radical (unpaired) electrons. The molecule has 0 spiro atoms.